The number of methoxy groups -OCH3 is 1. The molecule has 0 aromatic heterocycles. The Labute approximate surface area is 120 Å². The summed E-state index contributed by atoms with van der Waals surface area (Å²) in [6.45, 7) is 0. The highest BCUT2D eigenvalue weighted by molar-refractivity contribution is 5.90. The number of ether oxygens (including phenoxy) is 2. The molecule has 0 heterocycles. The summed E-state index contributed by atoms with van der Waals surface area (Å²) >= 11 is 0. The van der Waals surface area contributed by atoms with Gasteiger partial charge in [-0.3, -0.25) is 0 Å². The zero-order valence-electron chi connectivity index (χ0n) is 11.4. The Morgan fingerprint density at radius 2 is 1.95 bits per heavy atom. The molecule has 0 radical (unpaired) electrons. The predicted molar refractivity (Wildman–Crippen MR) is 69.1 cm³/mol. The topological polar surface area (TPSA) is 72.8 Å². The van der Waals surface area contributed by atoms with Crippen LogP contribution in [0.1, 0.15) is 16.8 Å². The molecule has 1 aromatic carbocycles. The van der Waals surface area contributed by atoms with Crippen molar-refractivity contribution < 1.29 is 28.6 Å². The van der Waals surface area contributed by atoms with Crippen LogP contribution in [0.25, 0.3) is 0 Å². The minimum Gasteiger partial charge on any atom is -0.467 e. The summed E-state index contributed by atoms with van der Waals surface area (Å²) in [5.41, 5.74) is -1.90. The van der Waals surface area contributed by atoms with Crippen molar-refractivity contribution in [2.75, 3.05) is 7.11 Å². The van der Waals surface area contributed by atoms with E-state index in [0.717, 1.165) is 7.11 Å². The highest BCUT2D eigenvalue weighted by atomic mass is 19.1. The highest BCUT2D eigenvalue weighted by Gasteiger charge is 2.81. The van der Waals surface area contributed by atoms with Crippen molar-refractivity contribution in [2.24, 2.45) is 11.8 Å². The number of hydrogen-bond donors (Lipinski definition) is 1. The van der Waals surface area contributed by atoms with E-state index in [1.807, 2.05) is 0 Å². The Hall–Kier alpha value is -1.95. The molecule has 3 rings (SSSR count). The molecule has 2 saturated carbocycles. The molecule has 1 aromatic rings. The van der Waals surface area contributed by atoms with Crippen LogP contribution in [-0.4, -0.2) is 42.0 Å². The lowest BCUT2D eigenvalue weighted by atomic mass is 10.1. The molecule has 2 fully saturated rings. The van der Waals surface area contributed by atoms with Crippen LogP contribution >= 0.6 is 0 Å². The molecule has 5 atom stereocenters. The maximum absolute atomic E-state index is 14.5. The number of halogens is 1. The van der Waals surface area contributed by atoms with Gasteiger partial charge in [0.2, 0.25) is 5.67 Å². The summed E-state index contributed by atoms with van der Waals surface area (Å²) in [5.74, 6) is -3.28. The van der Waals surface area contributed by atoms with Gasteiger partial charge in [-0.05, 0) is 12.1 Å². The van der Waals surface area contributed by atoms with Gasteiger partial charge in [-0.15, -0.1) is 0 Å². The molecule has 5 nitrogen and oxygen atoms in total. The van der Waals surface area contributed by atoms with Crippen molar-refractivity contribution in [3.05, 3.63) is 35.9 Å². The van der Waals surface area contributed by atoms with Crippen molar-refractivity contribution in [3.63, 3.8) is 0 Å². The smallest absolute Gasteiger partial charge is 0.344 e. The van der Waals surface area contributed by atoms with Crippen molar-refractivity contribution in [1.82, 2.24) is 0 Å². The standard InChI is InChI=1S/C15H15FO5/c1-20-14(19)15(16)11-9(17)7-10(12(11)15)21-13(18)8-5-3-2-4-6-8/h2-6,9-12,17H,7H2,1H3/t9-,10+,11+,12-,15+/m0/s1. The quantitative estimate of drug-likeness (QED) is 0.845. The van der Waals surface area contributed by atoms with Gasteiger partial charge in [-0.25, -0.2) is 14.0 Å². The van der Waals surface area contributed by atoms with Gasteiger partial charge in [-0.1, -0.05) is 18.2 Å². The van der Waals surface area contributed by atoms with E-state index >= 15 is 0 Å². The molecule has 2 aliphatic rings. The fourth-order valence-corrected chi connectivity index (χ4v) is 3.29. The SMILES string of the molecule is COC(=O)[C@]1(F)[C@@H]2[C@H]1[C@@H](O)C[C@H]2OC(=O)c1ccccc1. The monoisotopic (exact) mass is 294 g/mol. The first kappa shape index (κ1) is 14.0. The normalized spacial score (nSPS) is 36.7. The number of carbonyl (C=O) groups excluding carboxylic acids is 2. The average Bonchev–Trinajstić information content (AvgIpc) is 2.99. The third-order valence-electron chi connectivity index (χ3n) is 4.30. The molecule has 21 heavy (non-hydrogen) atoms. The van der Waals surface area contributed by atoms with Gasteiger partial charge in [0.15, 0.2) is 0 Å². The number of alkyl halides is 1. The fourth-order valence-electron chi connectivity index (χ4n) is 3.29. The first-order valence-corrected chi connectivity index (χ1v) is 6.71. The van der Waals surface area contributed by atoms with Crippen molar-refractivity contribution in [3.8, 4) is 0 Å². The summed E-state index contributed by atoms with van der Waals surface area (Å²) in [7, 11) is 1.09. The minimum atomic E-state index is -2.24. The Morgan fingerprint density at radius 1 is 1.29 bits per heavy atom. The van der Waals surface area contributed by atoms with Crippen LogP contribution in [0.15, 0.2) is 30.3 Å². The predicted octanol–water partition coefficient (Wildman–Crippen LogP) is 1.10. The Bertz CT molecular complexity index is 575. The maximum atomic E-state index is 14.5. The number of aliphatic hydroxyl groups excluding tert-OH is 1. The van der Waals surface area contributed by atoms with Gasteiger partial charge in [0.1, 0.15) is 6.10 Å². The van der Waals surface area contributed by atoms with Gasteiger partial charge in [0.05, 0.1) is 24.7 Å². The van der Waals surface area contributed by atoms with E-state index in [-0.39, 0.29) is 6.42 Å². The van der Waals surface area contributed by atoms with Crippen molar-refractivity contribution >= 4 is 11.9 Å². The van der Waals surface area contributed by atoms with Crippen molar-refractivity contribution in [2.45, 2.75) is 24.3 Å². The van der Waals surface area contributed by atoms with Crippen LogP contribution < -0.4 is 0 Å². The second kappa shape index (κ2) is 4.80. The fraction of sp³-hybridized carbons (Fsp3) is 0.467. The summed E-state index contributed by atoms with van der Waals surface area (Å²) < 4.78 is 24.2. The van der Waals surface area contributed by atoms with E-state index in [1.54, 1.807) is 30.3 Å². The van der Waals surface area contributed by atoms with Crippen LogP contribution in [0.5, 0.6) is 0 Å². The third kappa shape index (κ3) is 2.01. The van der Waals surface area contributed by atoms with E-state index in [0.29, 0.717) is 5.56 Å². The molecule has 0 unspecified atom stereocenters. The van der Waals surface area contributed by atoms with Crippen LogP contribution in [-0.2, 0) is 14.3 Å². The number of esters is 2. The van der Waals surface area contributed by atoms with Gasteiger partial charge in [0.25, 0.3) is 0 Å². The summed E-state index contributed by atoms with van der Waals surface area (Å²) in [4.78, 5) is 23.5. The van der Waals surface area contributed by atoms with Crippen LogP contribution in [0, 0.1) is 11.8 Å². The number of hydrogen-bond acceptors (Lipinski definition) is 5. The highest BCUT2D eigenvalue weighted by Crippen LogP contribution is 2.64. The second-order valence-corrected chi connectivity index (χ2v) is 5.42. The summed E-state index contributed by atoms with van der Waals surface area (Å²) in [5, 5.41) is 9.83. The molecule has 112 valence electrons. The van der Waals surface area contributed by atoms with Crippen LogP contribution in [0.3, 0.4) is 0 Å². The maximum Gasteiger partial charge on any atom is 0.344 e. The van der Waals surface area contributed by atoms with Crippen LogP contribution in [0.4, 0.5) is 4.39 Å². The average molecular weight is 294 g/mol. The molecule has 0 spiro atoms. The molecule has 2 aliphatic carbocycles. The number of benzene rings is 1. The molecule has 0 saturated heterocycles. The Balaban J connectivity index is 1.73. The molecular weight excluding hydrogens is 279 g/mol. The number of aliphatic hydroxyl groups is 1. The Kier molecular flexibility index (Phi) is 3.20. The lowest BCUT2D eigenvalue weighted by molar-refractivity contribution is -0.152. The van der Waals surface area contributed by atoms with Gasteiger partial charge < -0.3 is 14.6 Å². The molecule has 0 amide bonds. The molecule has 1 N–H and O–H groups in total. The van der Waals surface area contributed by atoms with E-state index in [9.17, 15) is 19.1 Å². The van der Waals surface area contributed by atoms with Crippen LogP contribution in [0.2, 0.25) is 0 Å². The van der Waals surface area contributed by atoms with E-state index < -0.39 is 41.7 Å². The largest absolute Gasteiger partial charge is 0.467 e. The number of carbonyl (C=O) groups is 2. The van der Waals surface area contributed by atoms with E-state index in [1.165, 1.54) is 0 Å². The number of rotatable bonds is 3. The third-order valence-corrected chi connectivity index (χ3v) is 4.30. The zero-order valence-corrected chi connectivity index (χ0v) is 11.4. The minimum absolute atomic E-state index is 0.135. The molecule has 0 bridgehead atoms. The molecular formula is C15H15FO5. The Morgan fingerprint density at radius 3 is 2.57 bits per heavy atom. The van der Waals surface area contributed by atoms with E-state index in [2.05, 4.69) is 4.74 Å². The van der Waals surface area contributed by atoms with Gasteiger partial charge in [-0.2, -0.15) is 0 Å². The summed E-state index contributed by atoms with van der Waals surface area (Å²) in [6, 6.07) is 8.31. The molecule has 0 aliphatic heterocycles. The van der Waals surface area contributed by atoms with Crippen molar-refractivity contribution in [1.29, 1.82) is 0 Å². The number of fused-ring (bicyclic) bond motifs is 1. The van der Waals surface area contributed by atoms with E-state index in [4.69, 9.17) is 4.74 Å². The van der Waals surface area contributed by atoms with Gasteiger partial charge >= 0.3 is 11.9 Å². The zero-order chi connectivity index (χ0) is 15.2. The summed E-state index contributed by atoms with van der Waals surface area (Å²) in [6.07, 6.45) is -1.69. The molecule has 6 heteroatoms. The lowest BCUT2D eigenvalue weighted by Crippen LogP contribution is -2.34. The first-order valence-electron chi connectivity index (χ1n) is 6.71. The second-order valence-electron chi connectivity index (χ2n) is 5.42. The lowest BCUT2D eigenvalue weighted by Gasteiger charge is -2.19. The first-order chi connectivity index (χ1) is 10.00. The van der Waals surface area contributed by atoms with Gasteiger partial charge in [0, 0.05) is 12.3 Å².